The molecule has 0 spiro atoms. The Labute approximate surface area is 261 Å². The number of para-hydroxylation sites is 2. The highest BCUT2D eigenvalue weighted by molar-refractivity contribution is 6.12. The zero-order valence-corrected chi connectivity index (χ0v) is 24.7. The first-order chi connectivity index (χ1) is 22.1. The first-order valence-corrected chi connectivity index (χ1v) is 15.0. The minimum absolute atomic E-state index is 0.0701. The van der Waals surface area contributed by atoms with Gasteiger partial charge < -0.3 is 9.64 Å². The lowest BCUT2D eigenvalue weighted by Gasteiger charge is -2.44. The standard InChI is InChI=1S/C39H29N5O/c1-44(37-33-23-35(37)45-34-17-6-5-15-32(33)34)39(43-38(40)26-10-3-2-4-11-26)30-21-28(27-14-8-18-41-24-27)20-29(22-30)31-16-7-12-25-13-9-19-42-36(25)31/h2-22,24,35,40H,23H2,1H3/t35-/m1/s1. The van der Waals surface area contributed by atoms with Gasteiger partial charge in [-0.2, -0.15) is 0 Å². The van der Waals surface area contributed by atoms with Gasteiger partial charge >= 0.3 is 0 Å². The zero-order chi connectivity index (χ0) is 30.3. The average Bonchev–Trinajstić information content (AvgIpc) is 3.10. The van der Waals surface area contributed by atoms with Crippen LogP contribution >= 0.6 is 0 Å². The highest BCUT2D eigenvalue weighted by Crippen LogP contribution is 2.49. The molecule has 6 heteroatoms. The van der Waals surface area contributed by atoms with Crippen molar-refractivity contribution in [3.8, 4) is 28.0 Å². The van der Waals surface area contributed by atoms with E-state index in [4.69, 9.17) is 20.1 Å². The highest BCUT2D eigenvalue weighted by Gasteiger charge is 2.41. The van der Waals surface area contributed by atoms with Gasteiger partial charge in [0.15, 0.2) is 5.84 Å². The van der Waals surface area contributed by atoms with E-state index in [1.54, 1.807) is 6.20 Å². The van der Waals surface area contributed by atoms with E-state index in [1.807, 2.05) is 80.1 Å². The summed E-state index contributed by atoms with van der Waals surface area (Å²) in [6, 6.07) is 38.7. The molecule has 45 heavy (non-hydrogen) atoms. The van der Waals surface area contributed by atoms with Gasteiger partial charge in [0.2, 0.25) is 0 Å². The van der Waals surface area contributed by atoms with Crippen LogP contribution in [0.4, 0.5) is 0 Å². The van der Waals surface area contributed by atoms with Crippen LogP contribution in [0.2, 0.25) is 0 Å². The summed E-state index contributed by atoms with van der Waals surface area (Å²) < 4.78 is 6.42. The monoisotopic (exact) mass is 583 g/mol. The molecule has 6 aromatic rings. The van der Waals surface area contributed by atoms with Crippen molar-refractivity contribution in [3.63, 3.8) is 0 Å². The van der Waals surface area contributed by atoms with Crippen molar-refractivity contribution in [1.82, 2.24) is 14.9 Å². The normalized spacial score (nSPS) is 15.2. The number of aliphatic imine (C=N–C) groups is 1. The van der Waals surface area contributed by atoms with E-state index in [0.717, 1.165) is 67.7 Å². The van der Waals surface area contributed by atoms with E-state index in [9.17, 15) is 0 Å². The van der Waals surface area contributed by atoms with Crippen LogP contribution in [0, 0.1) is 5.41 Å². The molecule has 1 aliphatic heterocycles. The fourth-order valence-corrected chi connectivity index (χ4v) is 6.35. The van der Waals surface area contributed by atoms with Crippen LogP contribution < -0.4 is 4.74 Å². The van der Waals surface area contributed by atoms with Crippen LogP contribution in [0.15, 0.2) is 145 Å². The van der Waals surface area contributed by atoms with Crippen molar-refractivity contribution >= 4 is 28.1 Å². The number of aromatic nitrogens is 2. The molecule has 2 aliphatic rings. The Balaban J connectivity index is 1.34. The molecule has 1 aliphatic carbocycles. The van der Waals surface area contributed by atoms with Gasteiger partial charge in [-0.25, -0.2) is 4.99 Å². The fraction of sp³-hybridized carbons (Fsp3) is 0.0769. The Morgan fingerprint density at radius 1 is 0.778 bits per heavy atom. The van der Waals surface area contributed by atoms with Crippen molar-refractivity contribution < 1.29 is 4.74 Å². The minimum atomic E-state index is -0.0701. The van der Waals surface area contributed by atoms with Crippen molar-refractivity contribution in [2.45, 2.75) is 12.5 Å². The van der Waals surface area contributed by atoms with Crippen LogP contribution in [-0.2, 0) is 0 Å². The number of nitrogens with zero attached hydrogens (tertiary/aromatic N) is 4. The molecule has 0 fully saturated rings. The largest absolute Gasteiger partial charge is 0.483 e. The lowest BCUT2D eigenvalue weighted by atomic mass is 9.81. The summed E-state index contributed by atoms with van der Waals surface area (Å²) in [5, 5.41) is 10.1. The maximum Gasteiger partial charge on any atom is 0.154 e. The van der Waals surface area contributed by atoms with Gasteiger partial charge in [0.25, 0.3) is 0 Å². The summed E-state index contributed by atoms with van der Waals surface area (Å²) in [6.07, 6.45) is 6.27. The van der Waals surface area contributed by atoms with Crippen molar-refractivity contribution in [1.29, 1.82) is 5.41 Å². The van der Waals surface area contributed by atoms with Crippen molar-refractivity contribution in [2.75, 3.05) is 7.05 Å². The molecule has 0 radical (unpaired) electrons. The molecule has 0 amide bonds. The number of likely N-dealkylation sites (N-methyl/N-ethyl adjacent to an activating group) is 1. The molecule has 3 heterocycles. The van der Waals surface area contributed by atoms with Gasteiger partial charge in [0.05, 0.1) is 11.2 Å². The van der Waals surface area contributed by atoms with E-state index in [1.165, 1.54) is 5.57 Å². The Kier molecular flexibility index (Phi) is 6.53. The molecule has 216 valence electrons. The van der Waals surface area contributed by atoms with Crippen LogP contribution in [0.3, 0.4) is 0 Å². The lowest BCUT2D eigenvalue weighted by molar-refractivity contribution is 0.186. The Morgan fingerprint density at radius 2 is 1.56 bits per heavy atom. The van der Waals surface area contributed by atoms with Crippen LogP contribution in [-0.4, -0.2) is 39.7 Å². The van der Waals surface area contributed by atoms with E-state index in [0.29, 0.717) is 5.84 Å². The second-order valence-corrected chi connectivity index (χ2v) is 11.3. The van der Waals surface area contributed by atoms with E-state index >= 15 is 0 Å². The third-order valence-electron chi connectivity index (χ3n) is 8.56. The highest BCUT2D eigenvalue weighted by atomic mass is 16.5. The molecule has 8 rings (SSSR count). The number of rotatable bonds is 5. The third kappa shape index (κ3) is 4.77. The summed E-state index contributed by atoms with van der Waals surface area (Å²) in [5.41, 5.74) is 10.0. The van der Waals surface area contributed by atoms with Crippen LogP contribution in [0.1, 0.15) is 23.1 Å². The maximum absolute atomic E-state index is 9.06. The van der Waals surface area contributed by atoms with Gasteiger partial charge in [-0.1, -0.05) is 78.9 Å². The molecular weight excluding hydrogens is 554 g/mol. The maximum atomic E-state index is 9.06. The fourth-order valence-electron chi connectivity index (χ4n) is 6.35. The Hall–Kier alpha value is -5.88. The molecule has 2 aromatic heterocycles. The minimum Gasteiger partial charge on any atom is -0.483 e. The van der Waals surface area contributed by atoms with Gasteiger partial charge in [-0.05, 0) is 53.1 Å². The van der Waals surface area contributed by atoms with Crippen molar-refractivity contribution in [2.24, 2.45) is 4.99 Å². The van der Waals surface area contributed by atoms with Gasteiger partial charge in [0, 0.05) is 65.3 Å². The van der Waals surface area contributed by atoms with E-state index in [2.05, 4.69) is 64.5 Å². The second-order valence-electron chi connectivity index (χ2n) is 11.3. The first kappa shape index (κ1) is 26.7. The van der Waals surface area contributed by atoms with Crippen LogP contribution in [0.5, 0.6) is 5.75 Å². The molecule has 0 saturated heterocycles. The predicted octanol–water partition coefficient (Wildman–Crippen LogP) is 8.24. The number of hydrogen-bond donors (Lipinski definition) is 1. The number of fused-ring (bicyclic) bond motifs is 5. The second kappa shape index (κ2) is 11.0. The summed E-state index contributed by atoms with van der Waals surface area (Å²) in [7, 11) is 2.03. The molecule has 6 nitrogen and oxygen atoms in total. The number of nitrogens with one attached hydrogen (secondary N) is 1. The summed E-state index contributed by atoms with van der Waals surface area (Å²) >= 11 is 0. The molecule has 2 bridgehead atoms. The number of amidine groups is 2. The average molecular weight is 584 g/mol. The van der Waals surface area contributed by atoms with Gasteiger partial charge in [-0.15, -0.1) is 0 Å². The zero-order valence-electron chi connectivity index (χ0n) is 24.7. The Morgan fingerprint density at radius 3 is 2.42 bits per heavy atom. The van der Waals surface area contributed by atoms with E-state index < -0.39 is 0 Å². The summed E-state index contributed by atoms with van der Waals surface area (Å²) in [4.78, 5) is 16.3. The topological polar surface area (TPSA) is 74.5 Å². The number of ether oxygens (including phenoxy) is 1. The Bertz CT molecular complexity index is 2150. The van der Waals surface area contributed by atoms with Crippen molar-refractivity contribution in [3.05, 3.63) is 156 Å². The lowest BCUT2D eigenvalue weighted by Crippen LogP contribution is -2.44. The number of hydrogen-bond acceptors (Lipinski definition) is 4. The number of pyridine rings is 2. The molecule has 0 unspecified atom stereocenters. The predicted molar refractivity (Wildman–Crippen MR) is 180 cm³/mol. The number of benzene rings is 4. The van der Waals surface area contributed by atoms with Gasteiger partial charge in [-0.3, -0.25) is 15.4 Å². The quantitative estimate of drug-likeness (QED) is 0.164. The smallest absolute Gasteiger partial charge is 0.154 e. The molecule has 4 aromatic carbocycles. The summed E-state index contributed by atoms with van der Waals surface area (Å²) in [5.74, 6) is 1.78. The first-order valence-electron chi connectivity index (χ1n) is 15.0. The molecule has 1 atom stereocenters. The van der Waals surface area contributed by atoms with Gasteiger partial charge in [0.1, 0.15) is 17.7 Å². The SMILES string of the molecule is CN(C(=NC(=N)c1ccccc1)c1cc(-c2cccnc2)cc(-c2cccc3cccnc23)c1)C1=C2C[C@H]1Oc1ccccc12. The molecule has 1 N–H and O–H groups in total. The third-order valence-corrected chi connectivity index (χ3v) is 8.56. The molecular formula is C39H29N5O. The summed E-state index contributed by atoms with van der Waals surface area (Å²) in [6.45, 7) is 0. The van der Waals surface area contributed by atoms with Crippen LogP contribution in [0.25, 0.3) is 38.7 Å². The van der Waals surface area contributed by atoms with E-state index in [-0.39, 0.29) is 11.9 Å². The molecule has 0 saturated carbocycles.